The van der Waals surface area contributed by atoms with Crippen molar-refractivity contribution in [1.82, 2.24) is 5.32 Å². The number of carbonyl (C=O) groups excluding carboxylic acids is 2. The van der Waals surface area contributed by atoms with E-state index in [1.54, 1.807) is 28.6 Å². The summed E-state index contributed by atoms with van der Waals surface area (Å²) in [4.78, 5) is 25.4. The highest BCUT2D eigenvalue weighted by atomic mass is 32.2. The number of nitrogens with zero attached hydrogens (tertiary/aromatic N) is 1. The molecular formula is C29H28BFN2O7S. The molecule has 1 aliphatic rings. The van der Waals surface area contributed by atoms with Crippen molar-refractivity contribution < 1.29 is 37.4 Å². The van der Waals surface area contributed by atoms with Crippen molar-refractivity contribution >= 4 is 52.1 Å². The molecule has 12 heteroatoms. The van der Waals surface area contributed by atoms with E-state index in [1.807, 2.05) is 6.07 Å². The summed E-state index contributed by atoms with van der Waals surface area (Å²) in [6.07, 6.45) is 3.39. The van der Waals surface area contributed by atoms with Gasteiger partial charge in [-0.05, 0) is 71.7 Å². The summed E-state index contributed by atoms with van der Waals surface area (Å²) in [5.74, 6) is -1.01. The van der Waals surface area contributed by atoms with E-state index in [0.29, 0.717) is 39.1 Å². The molecule has 1 heterocycles. The summed E-state index contributed by atoms with van der Waals surface area (Å²) in [6.45, 7) is 0.119. The Labute approximate surface area is 238 Å². The van der Waals surface area contributed by atoms with Gasteiger partial charge >= 0.3 is 13.1 Å². The van der Waals surface area contributed by atoms with Gasteiger partial charge in [0.2, 0.25) is 0 Å². The zero-order chi connectivity index (χ0) is 29.4. The molecule has 0 aliphatic heterocycles. The average molecular weight is 578 g/mol. The topological polar surface area (TPSA) is 129 Å². The lowest BCUT2D eigenvalue weighted by Crippen LogP contribution is -2.35. The van der Waals surface area contributed by atoms with Gasteiger partial charge in [0.05, 0.1) is 30.5 Å². The smallest absolute Gasteiger partial charge is 0.465 e. The van der Waals surface area contributed by atoms with Crippen molar-refractivity contribution in [3.8, 4) is 11.3 Å². The fraction of sp³-hybridized carbons (Fsp3) is 0.241. The monoisotopic (exact) mass is 578 g/mol. The van der Waals surface area contributed by atoms with Crippen LogP contribution in [-0.2, 0) is 22.3 Å². The highest BCUT2D eigenvalue weighted by Gasteiger charge is 2.32. The summed E-state index contributed by atoms with van der Waals surface area (Å²) in [5.41, 5.74) is 3.38. The van der Waals surface area contributed by atoms with Crippen molar-refractivity contribution in [2.24, 2.45) is 0 Å². The van der Waals surface area contributed by atoms with Gasteiger partial charge in [-0.15, -0.1) is 0 Å². The van der Waals surface area contributed by atoms with Crippen molar-refractivity contribution in [3.05, 3.63) is 82.7 Å². The largest absolute Gasteiger partial charge is 0.489 e. The highest BCUT2D eigenvalue weighted by molar-refractivity contribution is 7.85. The Hall–Kier alpha value is -4.00. The first-order valence-corrected chi connectivity index (χ1v) is 14.4. The molecule has 0 spiro atoms. The number of hydrogen-bond donors (Lipinski definition) is 3. The number of carbonyl (C=O) groups is 2. The Kier molecular flexibility index (Phi) is 7.99. The molecule has 0 bridgehead atoms. The molecular weight excluding hydrogens is 550 g/mol. The van der Waals surface area contributed by atoms with E-state index in [0.717, 1.165) is 18.4 Å². The summed E-state index contributed by atoms with van der Waals surface area (Å²) in [7, 11) is -0.671. The van der Waals surface area contributed by atoms with Gasteiger partial charge in [0, 0.05) is 30.3 Å². The van der Waals surface area contributed by atoms with Crippen LogP contribution < -0.4 is 15.1 Å². The first kappa shape index (κ1) is 28.5. The van der Waals surface area contributed by atoms with E-state index in [1.165, 1.54) is 44.7 Å². The summed E-state index contributed by atoms with van der Waals surface area (Å²) in [5, 5.41) is 22.7. The molecule has 1 aromatic heterocycles. The molecule has 0 saturated heterocycles. The number of rotatable bonds is 9. The molecule has 41 heavy (non-hydrogen) atoms. The maximum Gasteiger partial charge on any atom is 0.489 e. The third kappa shape index (κ3) is 5.63. The van der Waals surface area contributed by atoms with Crippen LogP contribution in [0.5, 0.6) is 0 Å². The maximum absolute atomic E-state index is 13.6. The van der Waals surface area contributed by atoms with Gasteiger partial charge in [0.1, 0.15) is 28.1 Å². The van der Waals surface area contributed by atoms with Crippen molar-refractivity contribution in [3.63, 3.8) is 0 Å². The lowest BCUT2D eigenvalue weighted by molar-refractivity contribution is 0.0601. The molecule has 1 amide bonds. The number of furan rings is 1. The van der Waals surface area contributed by atoms with E-state index >= 15 is 0 Å². The average Bonchev–Trinajstić information content (AvgIpc) is 3.74. The zero-order valence-corrected chi connectivity index (χ0v) is 23.5. The Morgan fingerprint density at radius 2 is 1.85 bits per heavy atom. The maximum atomic E-state index is 13.6. The van der Waals surface area contributed by atoms with Gasteiger partial charge in [-0.2, -0.15) is 0 Å². The Bertz CT molecular complexity index is 1670. The van der Waals surface area contributed by atoms with Gasteiger partial charge in [0.25, 0.3) is 5.91 Å². The van der Waals surface area contributed by atoms with Crippen LogP contribution in [0.15, 0.2) is 59.0 Å². The van der Waals surface area contributed by atoms with E-state index in [-0.39, 0.29) is 29.4 Å². The lowest BCUT2D eigenvalue weighted by atomic mass is 9.76. The Morgan fingerprint density at radius 1 is 1.15 bits per heavy atom. The predicted octanol–water partition coefficient (Wildman–Crippen LogP) is 3.24. The quantitative estimate of drug-likeness (QED) is 0.206. The second kappa shape index (κ2) is 11.5. The second-order valence-corrected chi connectivity index (χ2v) is 11.1. The van der Waals surface area contributed by atoms with Gasteiger partial charge in [-0.3, -0.25) is 9.10 Å². The third-order valence-electron chi connectivity index (χ3n) is 7.12. The minimum absolute atomic E-state index is 0.00417. The van der Waals surface area contributed by atoms with Crippen molar-refractivity contribution in [2.75, 3.05) is 24.7 Å². The third-order valence-corrected chi connectivity index (χ3v) is 8.07. The fourth-order valence-corrected chi connectivity index (χ4v) is 5.70. The molecule has 3 N–H and O–H groups in total. The summed E-state index contributed by atoms with van der Waals surface area (Å²) >= 11 is 0. The lowest BCUT2D eigenvalue weighted by Gasteiger charge is -2.25. The first-order valence-electron chi connectivity index (χ1n) is 12.9. The van der Waals surface area contributed by atoms with Gasteiger partial charge in [-0.1, -0.05) is 12.1 Å². The van der Waals surface area contributed by atoms with Crippen LogP contribution in [0.4, 0.5) is 10.1 Å². The summed E-state index contributed by atoms with van der Waals surface area (Å²) in [6, 6.07) is 13.9. The van der Waals surface area contributed by atoms with Crippen LogP contribution in [0.25, 0.3) is 22.3 Å². The summed E-state index contributed by atoms with van der Waals surface area (Å²) < 4.78 is 39.5. The number of methoxy groups -OCH3 is 1. The number of benzene rings is 3. The minimum atomic E-state index is -1.87. The number of anilines is 1. The SMILES string of the molecule is CNC(=O)c1c(-c2ccc(F)cc2)oc2cc(N(Cc3ccc(B(O)O)c(C(=O)OC)c3)S(C)=O)c(C3CC3)cc12. The van der Waals surface area contributed by atoms with Gasteiger partial charge in [-0.25, -0.2) is 13.4 Å². The van der Waals surface area contributed by atoms with Gasteiger partial charge in [0.15, 0.2) is 0 Å². The fourth-order valence-electron chi connectivity index (χ4n) is 4.94. The van der Waals surface area contributed by atoms with Crippen molar-refractivity contribution in [1.29, 1.82) is 0 Å². The van der Waals surface area contributed by atoms with E-state index in [9.17, 15) is 28.2 Å². The molecule has 9 nitrogen and oxygen atoms in total. The number of amides is 1. The molecule has 1 saturated carbocycles. The number of ether oxygens (including phenoxy) is 1. The van der Waals surface area contributed by atoms with Crippen molar-refractivity contribution in [2.45, 2.75) is 25.3 Å². The number of halogens is 1. The highest BCUT2D eigenvalue weighted by Crippen LogP contribution is 2.48. The zero-order valence-electron chi connectivity index (χ0n) is 22.6. The standard InChI is InChI=1S/C29H28BFN2O7S/c1-32-28(34)26-22-13-20(17-5-6-17)24(14-25(22)40-27(26)18-7-9-19(31)10-8-18)33(41(3)38)15-16-4-11-23(30(36)37)21(12-16)29(35)39-2/h4,7-14,17,36-37H,5-6,15H2,1-3H3,(H,32,34). The van der Waals surface area contributed by atoms with Crippen LogP contribution >= 0.6 is 0 Å². The Morgan fingerprint density at radius 3 is 2.44 bits per heavy atom. The molecule has 5 rings (SSSR count). The van der Waals surface area contributed by atoms with Crippen LogP contribution in [-0.4, -0.2) is 53.7 Å². The normalized spacial score (nSPS) is 13.6. The molecule has 1 fully saturated rings. The number of nitrogens with one attached hydrogen (secondary N) is 1. The number of hydrogen-bond acceptors (Lipinski definition) is 7. The molecule has 4 aromatic rings. The molecule has 3 aromatic carbocycles. The molecule has 212 valence electrons. The van der Waals surface area contributed by atoms with Gasteiger partial charge < -0.3 is 24.5 Å². The number of fused-ring (bicyclic) bond motifs is 1. The molecule has 1 aliphatic carbocycles. The molecule has 0 radical (unpaired) electrons. The molecule has 1 atom stereocenters. The predicted molar refractivity (Wildman–Crippen MR) is 155 cm³/mol. The van der Waals surface area contributed by atoms with Crippen LogP contribution in [0.3, 0.4) is 0 Å². The van der Waals surface area contributed by atoms with E-state index in [4.69, 9.17) is 9.15 Å². The number of esters is 1. The Balaban J connectivity index is 1.65. The first-order chi connectivity index (χ1) is 19.6. The van der Waals surface area contributed by atoms with E-state index < -0.39 is 29.9 Å². The van der Waals surface area contributed by atoms with Crippen LogP contribution in [0, 0.1) is 5.82 Å². The van der Waals surface area contributed by atoms with E-state index in [2.05, 4.69) is 5.32 Å². The molecule has 1 unspecified atom stereocenters. The van der Waals surface area contributed by atoms with Crippen LogP contribution in [0.1, 0.15) is 50.6 Å². The minimum Gasteiger partial charge on any atom is -0.465 e. The second-order valence-electron chi connectivity index (χ2n) is 9.82. The van der Waals surface area contributed by atoms with Crippen LogP contribution in [0.2, 0.25) is 0 Å².